The highest BCUT2D eigenvalue weighted by molar-refractivity contribution is 6.27. The first-order valence-corrected chi connectivity index (χ1v) is 2.21. The Bertz CT molecular complexity index is 169. The van der Waals surface area contributed by atoms with E-state index in [9.17, 15) is 0 Å². The average Bonchev–Trinajstić information content (AvgIpc) is 1.88. The Morgan fingerprint density at radius 2 is 0.500 bits per heavy atom. The molecule has 0 unspecified atom stereocenters. The van der Waals surface area contributed by atoms with E-state index in [1.165, 1.54) is 0 Å². The highest BCUT2D eigenvalue weighted by Crippen LogP contribution is 1.56. The van der Waals surface area contributed by atoms with Gasteiger partial charge in [0.1, 0.15) is 0 Å². The van der Waals surface area contributed by atoms with E-state index in [4.69, 9.17) is 39.6 Å². The molecular weight excluding hydrogens is 240 g/mol. The number of hydrogen-bond acceptors (Lipinski definition) is 4. The summed E-state index contributed by atoms with van der Waals surface area (Å²) in [6.07, 6.45) is 0. The summed E-state index contributed by atoms with van der Waals surface area (Å²) >= 11 is 0. The van der Waals surface area contributed by atoms with Crippen LogP contribution in [0.3, 0.4) is 0 Å². The highest BCUT2D eigenvalue weighted by Gasteiger charge is 2.04. The van der Waals surface area contributed by atoms with E-state index in [1.54, 1.807) is 0 Å². The number of carbonyl (C=O) groups is 4. The van der Waals surface area contributed by atoms with Crippen LogP contribution < -0.4 is 0 Å². The number of aliphatic carboxylic acids is 4. The van der Waals surface area contributed by atoms with Gasteiger partial charge in [-0.2, -0.15) is 0 Å². The van der Waals surface area contributed by atoms with E-state index in [2.05, 4.69) is 0 Å². The molecule has 0 spiro atoms. The van der Waals surface area contributed by atoms with Gasteiger partial charge in [-0.05, 0) is 0 Å². The SMILES string of the molecule is O.O.O.O.O=C(O)C(=O)O.O=C(O)C(=O)O. The van der Waals surface area contributed by atoms with Gasteiger partial charge in [0.15, 0.2) is 0 Å². The zero-order valence-corrected chi connectivity index (χ0v) is 7.42. The van der Waals surface area contributed by atoms with E-state index >= 15 is 0 Å². The molecule has 0 atom stereocenters. The molecule has 0 aromatic heterocycles. The lowest BCUT2D eigenvalue weighted by Gasteiger charge is -1.72. The lowest BCUT2D eigenvalue weighted by molar-refractivity contribution is -0.159. The molecule has 12 N–H and O–H groups in total. The van der Waals surface area contributed by atoms with Gasteiger partial charge in [0.25, 0.3) is 0 Å². The minimum Gasteiger partial charge on any atom is -0.473 e. The Labute approximate surface area is 86.6 Å². The maximum absolute atomic E-state index is 9.10. The summed E-state index contributed by atoms with van der Waals surface area (Å²) in [5.74, 6) is -7.30. The fourth-order valence-corrected chi connectivity index (χ4v) is 0. The molecule has 0 aliphatic carbocycles. The summed E-state index contributed by atoms with van der Waals surface area (Å²) in [6, 6.07) is 0. The maximum atomic E-state index is 9.10. The molecule has 0 radical (unpaired) electrons. The van der Waals surface area contributed by atoms with E-state index in [1.807, 2.05) is 0 Å². The van der Waals surface area contributed by atoms with Crippen LogP contribution in [-0.2, 0) is 19.2 Å². The molecular formula is C4H12O12. The number of carboxylic acids is 4. The van der Waals surface area contributed by atoms with Crippen LogP contribution in [0.15, 0.2) is 0 Å². The third-order valence-electron chi connectivity index (χ3n) is 0.366. The molecule has 0 aliphatic heterocycles. The molecule has 0 fully saturated rings. The second-order valence-electron chi connectivity index (χ2n) is 1.22. The van der Waals surface area contributed by atoms with Gasteiger partial charge in [0, 0.05) is 0 Å². The zero-order valence-electron chi connectivity index (χ0n) is 7.42. The quantitative estimate of drug-likeness (QED) is 0.302. The first kappa shape index (κ1) is 37.2. The topological polar surface area (TPSA) is 275 Å². The van der Waals surface area contributed by atoms with E-state index < -0.39 is 23.9 Å². The molecule has 0 aromatic carbocycles. The van der Waals surface area contributed by atoms with Gasteiger partial charge in [-0.15, -0.1) is 0 Å². The smallest absolute Gasteiger partial charge is 0.414 e. The summed E-state index contributed by atoms with van der Waals surface area (Å²) in [6.45, 7) is 0. The third kappa shape index (κ3) is 41.2. The molecule has 12 heteroatoms. The van der Waals surface area contributed by atoms with Gasteiger partial charge < -0.3 is 42.3 Å². The molecule has 0 bridgehead atoms. The van der Waals surface area contributed by atoms with Gasteiger partial charge in [0.2, 0.25) is 0 Å². The first-order chi connectivity index (χ1) is 5.29. The van der Waals surface area contributed by atoms with Crippen molar-refractivity contribution in [2.24, 2.45) is 0 Å². The highest BCUT2D eigenvalue weighted by atomic mass is 16.4. The number of hydrogen-bond donors (Lipinski definition) is 4. The second kappa shape index (κ2) is 18.5. The van der Waals surface area contributed by atoms with Crippen LogP contribution in [-0.4, -0.2) is 66.2 Å². The normalized spacial score (nSPS) is 5.50. The molecule has 0 aromatic rings. The van der Waals surface area contributed by atoms with Crippen molar-refractivity contribution in [3.63, 3.8) is 0 Å². The van der Waals surface area contributed by atoms with Crippen molar-refractivity contribution >= 4 is 23.9 Å². The van der Waals surface area contributed by atoms with Crippen molar-refractivity contribution in [1.29, 1.82) is 0 Å². The zero-order chi connectivity index (χ0) is 10.3. The fourth-order valence-electron chi connectivity index (χ4n) is 0. The molecule has 12 nitrogen and oxygen atoms in total. The monoisotopic (exact) mass is 252 g/mol. The average molecular weight is 252 g/mol. The minimum absolute atomic E-state index is 0. The van der Waals surface area contributed by atoms with E-state index in [-0.39, 0.29) is 21.9 Å². The Morgan fingerprint density at radius 3 is 0.500 bits per heavy atom. The molecule has 0 amide bonds. The van der Waals surface area contributed by atoms with Gasteiger partial charge >= 0.3 is 23.9 Å². The van der Waals surface area contributed by atoms with Gasteiger partial charge in [-0.1, -0.05) is 0 Å². The maximum Gasteiger partial charge on any atom is 0.414 e. The predicted molar refractivity (Wildman–Crippen MR) is 45.0 cm³/mol. The summed E-state index contributed by atoms with van der Waals surface area (Å²) in [7, 11) is 0. The van der Waals surface area contributed by atoms with E-state index in [0.29, 0.717) is 0 Å². The van der Waals surface area contributed by atoms with Gasteiger partial charge in [0.05, 0.1) is 0 Å². The van der Waals surface area contributed by atoms with Crippen LogP contribution in [0.1, 0.15) is 0 Å². The third-order valence-corrected chi connectivity index (χ3v) is 0.366. The Balaban J connectivity index is -0.0000000250. The molecule has 0 saturated heterocycles. The summed E-state index contributed by atoms with van der Waals surface area (Å²) in [4.78, 5) is 36.4. The Kier molecular flexibility index (Phi) is 43.1. The fraction of sp³-hybridized carbons (Fsp3) is 0. The van der Waals surface area contributed by atoms with Crippen molar-refractivity contribution in [2.75, 3.05) is 0 Å². The lowest BCUT2D eigenvalue weighted by atomic mass is 10.7. The molecule has 0 heterocycles. The van der Waals surface area contributed by atoms with Crippen LogP contribution in [0.4, 0.5) is 0 Å². The van der Waals surface area contributed by atoms with Crippen LogP contribution in [0.2, 0.25) is 0 Å². The number of carboxylic acid groups (broad SMARTS) is 4. The van der Waals surface area contributed by atoms with Crippen molar-refractivity contribution in [1.82, 2.24) is 0 Å². The lowest BCUT2D eigenvalue weighted by Crippen LogP contribution is -2.09. The van der Waals surface area contributed by atoms with E-state index in [0.717, 1.165) is 0 Å². The molecule has 16 heavy (non-hydrogen) atoms. The van der Waals surface area contributed by atoms with Gasteiger partial charge in [-0.25, -0.2) is 19.2 Å². The van der Waals surface area contributed by atoms with Crippen LogP contribution in [0, 0.1) is 0 Å². The summed E-state index contributed by atoms with van der Waals surface area (Å²) < 4.78 is 0. The first-order valence-electron chi connectivity index (χ1n) is 2.21. The van der Waals surface area contributed by atoms with Crippen LogP contribution >= 0.6 is 0 Å². The molecule has 0 aliphatic rings. The minimum atomic E-state index is -1.82. The van der Waals surface area contributed by atoms with Crippen molar-refractivity contribution < 1.29 is 61.5 Å². The van der Waals surface area contributed by atoms with Crippen molar-refractivity contribution in [3.8, 4) is 0 Å². The molecule has 0 saturated carbocycles. The Morgan fingerprint density at radius 1 is 0.438 bits per heavy atom. The second-order valence-corrected chi connectivity index (χ2v) is 1.22. The number of rotatable bonds is 0. The largest absolute Gasteiger partial charge is 0.473 e. The molecule has 100 valence electrons. The molecule has 0 rings (SSSR count). The predicted octanol–water partition coefficient (Wildman–Crippen LogP) is -4.99. The summed E-state index contributed by atoms with van der Waals surface area (Å²) in [5, 5.41) is 29.6. The van der Waals surface area contributed by atoms with Crippen LogP contribution in [0.25, 0.3) is 0 Å². The van der Waals surface area contributed by atoms with Gasteiger partial charge in [-0.3, -0.25) is 0 Å². The summed E-state index contributed by atoms with van der Waals surface area (Å²) in [5.41, 5.74) is 0. The van der Waals surface area contributed by atoms with Crippen molar-refractivity contribution in [2.45, 2.75) is 0 Å². The Hall–Kier alpha value is -2.28. The van der Waals surface area contributed by atoms with Crippen molar-refractivity contribution in [3.05, 3.63) is 0 Å². The standard InChI is InChI=1S/2C2H2O4.4H2O/c2*3-1(4)2(5)6;;;;/h2*(H,3,4)(H,5,6);4*1H2. The van der Waals surface area contributed by atoms with Crippen LogP contribution in [0.5, 0.6) is 0 Å².